The first-order valence-electron chi connectivity index (χ1n) is 15.0. The summed E-state index contributed by atoms with van der Waals surface area (Å²) in [5.41, 5.74) is 0.281. The van der Waals surface area contributed by atoms with Gasteiger partial charge in [-0.05, 0) is 74.8 Å². The highest BCUT2D eigenvalue weighted by atomic mass is 16.7. The summed E-state index contributed by atoms with van der Waals surface area (Å²) in [5, 5.41) is 0. The van der Waals surface area contributed by atoms with Gasteiger partial charge in [0.2, 0.25) is 12.4 Å². The third-order valence-corrected chi connectivity index (χ3v) is 8.92. The summed E-state index contributed by atoms with van der Waals surface area (Å²) in [6.07, 6.45) is 0.699. The van der Waals surface area contributed by atoms with Crippen LogP contribution in [0.15, 0.2) is 23.5 Å². The molecule has 12 heteroatoms. The first kappa shape index (κ1) is 31.6. The Bertz CT molecular complexity index is 1370. The van der Waals surface area contributed by atoms with Crippen LogP contribution in [0.1, 0.15) is 76.8 Å². The minimum Gasteiger partial charge on any atom is -0.497 e. The van der Waals surface area contributed by atoms with E-state index in [4.69, 9.17) is 33.2 Å². The molecule has 4 unspecified atom stereocenters. The van der Waals surface area contributed by atoms with Gasteiger partial charge in [0.05, 0.1) is 20.6 Å². The highest BCUT2D eigenvalue weighted by Crippen LogP contribution is 2.52. The van der Waals surface area contributed by atoms with E-state index in [1.807, 2.05) is 12.1 Å². The third kappa shape index (κ3) is 6.09. The van der Waals surface area contributed by atoms with Gasteiger partial charge in [-0.3, -0.25) is 19.3 Å². The molecule has 3 heterocycles. The first-order valence-corrected chi connectivity index (χ1v) is 15.0. The van der Waals surface area contributed by atoms with Crippen molar-refractivity contribution in [2.75, 3.05) is 34.1 Å². The van der Waals surface area contributed by atoms with E-state index in [9.17, 15) is 19.2 Å². The van der Waals surface area contributed by atoms with Crippen LogP contribution in [0, 0.1) is 0 Å². The first-order chi connectivity index (χ1) is 20.9. The van der Waals surface area contributed by atoms with Gasteiger partial charge >= 0.3 is 23.9 Å². The van der Waals surface area contributed by atoms with Crippen LogP contribution in [0.25, 0.3) is 0 Å². The second-order valence-electron chi connectivity index (χ2n) is 12.4. The number of hydrogen-bond acceptors (Lipinski definition) is 12. The lowest BCUT2D eigenvalue weighted by Gasteiger charge is -2.35. The summed E-state index contributed by atoms with van der Waals surface area (Å²) in [6, 6.07) is 3.90. The lowest BCUT2D eigenvalue weighted by Crippen LogP contribution is -2.49. The Morgan fingerprint density at radius 1 is 0.955 bits per heavy atom. The van der Waals surface area contributed by atoms with Crippen molar-refractivity contribution in [1.29, 1.82) is 0 Å². The smallest absolute Gasteiger partial charge is 0.351 e. The van der Waals surface area contributed by atoms with Gasteiger partial charge < -0.3 is 33.2 Å². The molecule has 3 aliphatic heterocycles. The van der Waals surface area contributed by atoms with E-state index in [0.717, 1.165) is 42.6 Å². The number of rotatable bonds is 11. The predicted molar refractivity (Wildman–Crippen MR) is 154 cm³/mol. The van der Waals surface area contributed by atoms with Crippen LogP contribution in [0.2, 0.25) is 0 Å². The monoisotopic (exact) mass is 615 g/mol. The van der Waals surface area contributed by atoms with Crippen LogP contribution in [0.4, 0.5) is 0 Å². The molecular weight excluding hydrogens is 574 g/mol. The molecule has 0 N–H and O–H groups in total. The summed E-state index contributed by atoms with van der Waals surface area (Å²) >= 11 is 0. The molecule has 0 radical (unpaired) electrons. The van der Waals surface area contributed by atoms with E-state index in [0.29, 0.717) is 23.7 Å². The van der Waals surface area contributed by atoms with Crippen molar-refractivity contribution in [3.8, 4) is 11.5 Å². The maximum Gasteiger partial charge on any atom is 0.351 e. The Labute approximate surface area is 256 Å². The van der Waals surface area contributed by atoms with E-state index >= 15 is 0 Å². The molecular formula is C32H41NO11. The molecule has 1 aromatic carbocycles. The number of esters is 4. The molecule has 4 aliphatic rings. The molecule has 0 amide bonds. The summed E-state index contributed by atoms with van der Waals surface area (Å²) in [5.74, 6) is -1.26. The zero-order valence-electron chi connectivity index (χ0n) is 26.2. The molecule has 12 nitrogen and oxygen atoms in total. The van der Waals surface area contributed by atoms with Crippen LogP contribution in [0.5, 0.6) is 11.5 Å². The van der Waals surface area contributed by atoms with Gasteiger partial charge in [0.1, 0.15) is 11.4 Å². The van der Waals surface area contributed by atoms with E-state index < -0.39 is 47.6 Å². The minimum atomic E-state index is -1.98. The van der Waals surface area contributed by atoms with Crippen LogP contribution in [-0.2, 0) is 49.3 Å². The fourth-order valence-corrected chi connectivity index (χ4v) is 7.18. The number of benzene rings is 1. The Morgan fingerprint density at radius 3 is 2.30 bits per heavy atom. The Morgan fingerprint density at radius 2 is 1.64 bits per heavy atom. The molecule has 1 saturated heterocycles. The highest BCUT2D eigenvalue weighted by Gasteiger charge is 2.56. The molecule has 0 saturated carbocycles. The molecule has 0 spiro atoms. The second-order valence-corrected chi connectivity index (χ2v) is 12.4. The van der Waals surface area contributed by atoms with Crippen molar-refractivity contribution in [2.24, 2.45) is 0 Å². The number of fused-ring (bicyclic) bond motifs is 3. The topological polar surface area (TPSA) is 136 Å². The largest absolute Gasteiger partial charge is 0.497 e. The van der Waals surface area contributed by atoms with Crippen LogP contribution >= 0.6 is 0 Å². The highest BCUT2D eigenvalue weighted by molar-refractivity contribution is 5.88. The number of hydrogen-bond donors (Lipinski definition) is 0. The summed E-state index contributed by atoms with van der Waals surface area (Å²) in [6.45, 7) is 7.78. The number of nitrogens with zero attached hydrogens (tertiary/aromatic N) is 1. The van der Waals surface area contributed by atoms with Gasteiger partial charge in [-0.1, -0.05) is 0 Å². The van der Waals surface area contributed by atoms with Crippen molar-refractivity contribution in [3.05, 3.63) is 34.6 Å². The van der Waals surface area contributed by atoms with Gasteiger partial charge in [0, 0.05) is 38.9 Å². The number of carbonyl (C=O) groups excluding carboxylic acids is 4. The van der Waals surface area contributed by atoms with Gasteiger partial charge in [-0.25, -0.2) is 4.79 Å². The zero-order chi connectivity index (χ0) is 31.8. The molecule has 1 aromatic rings. The predicted octanol–water partition coefficient (Wildman–Crippen LogP) is 3.33. The lowest BCUT2D eigenvalue weighted by molar-refractivity contribution is -0.191. The average molecular weight is 616 g/mol. The van der Waals surface area contributed by atoms with E-state index in [2.05, 4.69) is 4.90 Å². The van der Waals surface area contributed by atoms with Gasteiger partial charge in [-0.2, -0.15) is 0 Å². The molecule has 4 atom stereocenters. The van der Waals surface area contributed by atoms with Crippen molar-refractivity contribution in [2.45, 2.75) is 95.5 Å². The standard InChI is InChI=1S/C32H41NO11/c1-18(34)43-31(3,4)10-7-11-32(44-19(2)35,16-25(36)38-5)30(37)42-29-26-22-15-24-23(40-17-41-24)14-20(22)8-12-33-13-9-21(27(26)33)28(29)39-6/h14-15,26-27,29H,7-13,16-17H2,1-6H3. The number of carbonyl (C=O) groups is 4. The normalized spacial score (nSPS) is 23.2. The lowest BCUT2D eigenvalue weighted by atomic mass is 9.86. The van der Waals surface area contributed by atoms with Gasteiger partial charge in [0.15, 0.2) is 17.6 Å². The summed E-state index contributed by atoms with van der Waals surface area (Å²) in [7, 11) is 2.76. The Kier molecular flexibility index (Phi) is 8.84. The fraction of sp³-hybridized carbons (Fsp3) is 0.625. The molecule has 1 aliphatic carbocycles. The number of methoxy groups -OCH3 is 2. The summed E-state index contributed by atoms with van der Waals surface area (Å²) < 4.78 is 39.6. The van der Waals surface area contributed by atoms with Crippen LogP contribution in [0.3, 0.4) is 0 Å². The van der Waals surface area contributed by atoms with E-state index in [1.54, 1.807) is 21.0 Å². The second kappa shape index (κ2) is 12.3. The average Bonchev–Trinajstić information content (AvgIpc) is 3.61. The molecule has 5 rings (SSSR count). The molecule has 44 heavy (non-hydrogen) atoms. The minimum absolute atomic E-state index is 0.0577. The number of ether oxygens (including phenoxy) is 7. The third-order valence-electron chi connectivity index (χ3n) is 8.92. The van der Waals surface area contributed by atoms with Crippen LogP contribution < -0.4 is 9.47 Å². The molecule has 240 valence electrons. The van der Waals surface area contributed by atoms with Gasteiger partial charge in [0.25, 0.3) is 0 Å². The van der Waals surface area contributed by atoms with Crippen molar-refractivity contribution < 1.29 is 52.3 Å². The quantitative estimate of drug-likeness (QED) is 0.267. The molecule has 0 aromatic heterocycles. The maximum absolute atomic E-state index is 14.3. The molecule has 1 fully saturated rings. The van der Waals surface area contributed by atoms with Crippen molar-refractivity contribution in [3.63, 3.8) is 0 Å². The Hall–Kier alpha value is -3.80. The van der Waals surface area contributed by atoms with Crippen molar-refractivity contribution in [1.82, 2.24) is 4.90 Å². The summed E-state index contributed by atoms with van der Waals surface area (Å²) in [4.78, 5) is 53.4. The SMILES string of the molecule is COC(=O)CC(CCCC(C)(C)OC(C)=O)(OC(C)=O)C(=O)OC1C(OC)=C2CCN3CCc4cc5c(cc4C1C23)OCO5. The van der Waals surface area contributed by atoms with Gasteiger partial charge in [-0.15, -0.1) is 0 Å². The van der Waals surface area contributed by atoms with E-state index in [-0.39, 0.29) is 31.6 Å². The fourth-order valence-electron chi connectivity index (χ4n) is 7.18. The van der Waals surface area contributed by atoms with Crippen LogP contribution in [-0.4, -0.2) is 86.2 Å². The Balaban J connectivity index is 1.51. The zero-order valence-corrected chi connectivity index (χ0v) is 26.2. The van der Waals surface area contributed by atoms with E-state index in [1.165, 1.54) is 21.0 Å². The van der Waals surface area contributed by atoms with Crippen molar-refractivity contribution >= 4 is 23.9 Å². The molecule has 0 bridgehead atoms. The maximum atomic E-state index is 14.3.